The Kier molecular flexibility index (Phi) is 10.3. The Morgan fingerprint density at radius 2 is 1.32 bits per heavy atom. The lowest BCUT2D eigenvalue weighted by Crippen LogP contribution is -2.41. The van der Waals surface area contributed by atoms with Crippen molar-refractivity contribution >= 4 is 29.2 Å². The van der Waals surface area contributed by atoms with E-state index < -0.39 is 70.2 Å². The third kappa shape index (κ3) is 7.55. The second-order valence-corrected chi connectivity index (χ2v) is 14.3. The van der Waals surface area contributed by atoms with Gasteiger partial charge in [-0.05, 0) is 47.6 Å². The van der Waals surface area contributed by atoms with Gasteiger partial charge in [-0.15, -0.1) is 0 Å². The van der Waals surface area contributed by atoms with Crippen LogP contribution in [0.5, 0.6) is 0 Å². The minimum atomic E-state index is -5.39. The van der Waals surface area contributed by atoms with E-state index in [4.69, 9.17) is 0 Å². The minimum Gasteiger partial charge on any atom is -0.324 e. The van der Waals surface area contributed by atoms with Gasteiger partial charge < -0.3 is 14.7 Å². The summed E-state index contributed by atoms with van der Waals surface area (Å²) in [5, 5.41) is 0. The van der Waals surface area contributed by atoms with E-state index in [-0.39, 0.29) is 22.1 Å². The van der Waals surface area contributed by atoms with Gasteiger partial charge in [-0.2, -0.15) is 4.31 Å². The third-order valence-corrected chi connectivity index (χ3v) is 10.1. The lowest BCUT2D eigenvalue weighted by atomic mass is 9.84. The molecule has 1 amide bonds. The Labute approximate surface area is 251 Å². The van der Waals surface area contributed by atoms with Crippen molar-refractivity contribution in [1.82, 2.24) is 4.31 Å². The van der Waals surface area contributed by atoms with Gasteiger partial charge in [0, 0.05) is 12.7 Å². The first-order valence-corrected chi connectivity index (χ1v) is 16.8. The topological polar surface area (TPSA) is 115 Å². The highest BCUT2D eigenvalue weighted by atomic mass is 32.2. The highest BCUT2D eigenvalue weighted by molar-refractivity contribution is 7.89. The number of amides is 1. The van der Waals surface area contributed by atoms with Gasteiger partial charge >= 0.3 is 7.60 Å². The van der Waals surface area contributed by atoms with E-state index in [1.165, 1.54) is 30.7 Å². The average molecular weight is 661 g/mol. The van der Waals surface area contributed by atoms with Crippen LogP contribution in [0.1, 0.15) is 54.7 Å². The summed E-state index contributed by atoms with van der Waals surface area (Å²) in [7, 11) is -9.03. The maximum absolute atomic E-state index is 14.4. The number of hydrogen-bond donors (Lipinski definition) is 2. The van der Waals surface area contributed by atoms with E-state index >= 15 is 0 Å². The summed E-state index contributed by atoms with van der Waals surface area (Å²) in [5.41, 5.74) is 2.24. The van der Waals surface area contributed by atoms with Crippen molar-refractivity contribution in [3.05, 3.63) is 94.3 Å². The summed E-state index contributed by atoms with van der Waals surface area (Å²) >= 11 is 0. The first kappa shape index (κ1) is 33.7. The van der Waals surface area contributed by atoms with Gasteiger partial charge in [0.05, 0.1) is 19.3 Å². The molecular weight excluding hydrogens is 630 g/mol. The fourth-order valence-electron chi connectivity index (χ4n) is 5.18. The molecule has 0 aliphatic heterocycles. The monoisotopic (exact) mass is 660 g/mol. The predicted molar refractivity (Wildman–Crippen MR) is 152 cm³/mol. The maximum atomic E-state index is 14.4. The van der Waals surface area contributed by atoms with Crippen molar-refractivity contribution in [1.29, 1.82) is 0 Å². The van der Waals surface area contributed by atoms with E-state index in [9.17, 15) is 49.5 Å². The first-order valence-electron chi connectivity index (χ1n) is 13.6. The van der Waals surface area contributed by atoms with Crippen molar-refractivity contribution in [3.63, 3.8) is 0 Å². The maximum Gasteiger partial charge on any atom is 0.329 e. The third-order valence-electron chi connectivity index (χ3n) is 7.53. The molecule has 1 aliphatic carbocycles. The van der Waals surface area contributed by atoms with E-state index in [0.717, 1.165) is 43.2 Å². The number of nitrogens with zero attached hydrogens (tertiary/aromatic N) is 2. The van der Waals surface area contributed by atoms with Crippen LogP contribution in [0, 0.1) is 29.1 Å². The number of sulfonamides is 1. The zero-order chi connectivity index (χ0) is 32.4. The number of carbonyl (C=O) groups excluding carboxylic acids is 1. The summed E-state index contributed by atoms with van der Waals surface area (Å²) in [6.45, 7) is -1.15. The van der Waals surface area contributed by atoms with Crippen LogP contribution in [0.4, 0.5) is 27.6 Å². The molecule has 0 saturated heterocycles. The molecule has 8 nitrogen and oxygen atoms in total. The van der Waals surface area contributed by atoms with Crippen LogP contribution >= 0.6 is 7.60 Å². The van der Waals surface area contributed by atoms with Crippen LogP contribution in [-0.2, 0) is 32.1 Å². The van der Waals surface area contributed by atoms with Crippen LogP contribution in [0.15, 0.2) is 53.4 Å². The second kappa shape index (κ2) is 13.5. The molecule has 0 atom stereocenters. The Bertz CT molecular complexity index is 1650. The molecule has 0 aromatic heterocycles. The van der Waals surface area contributed by atoms with Crippen LogP contribution in [-0.4, -0.2) is 42.0 Å². The predicted octanol–water partition coefficient (Wildman–Crippen LogP) is 5.96. The minimum absolute atomic E-state index is 0.0992. The van der Waals surface area contributed by atoms with Gasteiger partial charge in [-0.25, -0.2) is 30.4 Å². The van der Waals surface area contributed by atoms with E-state index in [2.05, 4.69) is 0 Å². The fraction of sp³-hybridized carbons (Fsp3) is 0.345. The molecular formula is C29H30F5N2O6PS. The molecule has 0 unspecified atom stereocenters. The number of benzene rings is 3. The second-order valence-electron chi connectivity index (χ2n) is 10.7. The van der Waals surface area contributed by atoms with Crippen molar-refractivity contribution in [2.45, 2.75) is 55.6 Å². The smallest absolute Gasteiger partial charge is 0.324 e. The summed E-state index contributed by atoms with van der Waals surface area (Å²) in [5.74, 6) is -13.0. The Balaban J connectivity index is 1.63. The lowest BCUT2D eigenvalue weighted by Gasteiger charge is -2.27. The van der Waals surface area contributed by atoms with E-state index in [0.29, 0.717) is 11.5 Å². The zero-order valence-corrected chi connectivity index (χ0v) is 25.2. The summed E-state index contributed by atoms with van der Waals surface area (Å²) < 4.78 is 107. The van der Waals surface area contributed by atoms with Gasteiger partial charge in [-0.1, -0.05) is 55.7 Å². The highest BCUT2D eigenvalue weighted by Gasteiger charge is 2.37. The van der Waals surface area contributed by atoms with Crippen molar-refractivity contribution in [3.8, 4) is 0 Å². The molecule has 0 spiro atoms. The van der Waals surface area contributed by atoms with Crippen LogP contribution in [0.2, 0.25) is 0 Å². The fourth-order valence-corrected chi connectivity index (χ4v) is 7.09. The SMILES string of the molecule is CN(CC(=O)N(Cc1ccc(C2CCCCC2)cc1)c1ccc(CP(=O)(O)O)cc1)S(=O)(=O)c1c(F)c(F)c(F)c(F)c1F. The molecule has 1 aliphatic rings. The number of halogens is 5. The highest BCUT2D eigenvalue weighted by Crippen LogP contribution is 2.39. The number of carbonyl (C=O) groups is 1. The summed E-state index contributed by atoms with van der Waals surface area (Å²) in [4.78, 5) is 31.1. The van der Waals surface area contributed by atoms with Crippen LogP contribution in [0.25, 0.3) is 0 Å². The standard InChI is InChI=1S/C29H30F5N2O6PS/c1-35(44(41,42)29-27(33)25(31)24(30)26(32)28(29)34)16-23(37)36(22-13-9-19(10-14-22)17-43(38,39)40)15-18-7-11-21(12-8-18)20-5-3-2-4-6-20/h7-14,20H,2-6,15-17H2,1H3,(H2,38,39,40). The van der Waals surface area contributed by atoms with E-state index in [1.54, 1.807) is 0 Å². The van der Waals surface area contributed by atoms with E-state index in [1.807, 2.05) is 24.3 Å². The largest absolute Gasteiger partial charge is 0.329 e. The van der Waals surface area contributed by atoms with Gasteiger partial charge in [0.25, 0.3) is 0 Å². The normalized spacial score (nSPS) is 14.7. The van der Waals surface area contributed by atoms with Crippen molar-refractivity contribution < 1.29 is 49.5 Å². The zero-order valence-electron chi connectivity index (χ0n) is 23.5. The lowest BCUT2D eigenvalue weighted by molar-refractivity contribution is -0.118. The molecule has 1 fully saturated rings. The molecule has 2 N–H and O–H groups in total. The molecule has 4 rings (SSSR count). The number of rotatable bonds is 10. The first-order chi connectivity index (χ1) is 20.6. The van der Waals surface area contributed by atoms with Gasteiger partial charge in [-0.3, -0.25) is 9.36 Å². The summed E-state index contributed by atoms with van der Waals surface area (Å²) in [6, 6.07) is 13.0. The van der Waals surface area contributed by atoms with Crippen LogP contribution < -0.4 is 4.90 Å². The number of anilines is 1. The van der Waals surface area contributed by atoms with Crippen molar-refractivity contribution in [2.75, 3.05) is 18.5 Å². The average Bonchev–Trinajstić information content (AvgIpc) is 2.98. The molecule has 0 heterocycles. The van der Waals surface area contributed by atoms with Gasteiger partial charge in [0.15, 0.2) is 28.2 Å². The van der Waals surface area contributed by atoms with Gasteiger partial charge in [0.2, 0.25) is 21.7 Å². The Morgan fingerprint density at radius 3 is 1.84 bits per heavy atom. The quantitative estimate of drug-likeness (QED) is 0.120. The van der Waals surface area contributed by atoms with Gasteiger partial charge in [0.1, 0.15) is 0 Å². The molecule has 238 valence electrons. The Hall–Kier alpha value is -3.16. The number of likely N-dealkylation sites (N-methyl/N-ethyl adjacent to an activating group) is 1. The molecule has 15 heteroatoms. The van der Waals surface area contributed by atoms with Crippen LogP contribution in [0.3, 0.4) is 0 Å². The molecule has 44 heavy (non-hydrogen) atoms. The molecule has 3 aromatic rings. The summed E-state index contributed by atoms with van der Waals surface area (Å²) in [6.07, 6.45) is 5.02. The van der Waals surface area contributed by atoms with Crippen molar-refractivity contribution in [2.24, 2.45) is 0 Å². The molecule has 3 aromatic carbocycles. The molecule has 1 saturated carbocycles. The number of hydrogen-bond acceptors (Lipinski definition) is 4. The molecule has 0 bridgehead atoms. The molecule has 0 radical (unpaired) electrons. The Morgan fingerprint density at radius 1 is 0.818 bits per heavy atom.